The van der Waals surface area contributed by atoms with Gasteiger partial charge in [0.05, 0.1) is 11.6 Å². The van der Waals surface area contributed by atoms with Gasteiger partial charge < -0.3 is 15.4 Å². The van der Waals surface area contributed by atoms with E-state index in [1.807, 2.05) is 13.0 Å². The minimum Gasteiger partial charge on any atom is -0.492 e. The third kappa shape index (κ3) is 4.11. The summed E-state index contributed by atoms with van der Waals surface area (Å²) in [5, 5.41) is 6.53. The molecule has 1 fully saturated rings. The standard InChI is InChI=1S/C14H19ClN2O2/c1-2-5-19-13-4-3-11(7-12(13)15)17-14(18)6-10-8-16-9-10/h3-4,7,10,16H,2,5-6,8-9H2,1H3,(H,17,18). The molecule has 4 nitrogen and oxygen atoms in total. The quantitative estimate of drug-likeness (QED) is 0.843. The summed E-state index contributed by atoms with van der Waals surface area (Å²) in [7, 11) is 0. The van der Waals surface area contributed by atoms with Gasteiger partial charge in [0.2, 0.25) is 5.91 Å². The highest BCUT2D eigenvalue weighted by molar-refractivity contribution is 6.32. The van der Waals surface area contributed by atoms with E-state index in [1.54, 1.807) is 12.1 Å². The van der Waals surface area contributed by atoms with Crippen molar-refractivity contribution in [2.45, 2.75) is 19.8 Å². The maximum Gasteiger partial charge on any atom is 0.224 e. The molecule has 0 saturated carbocycles. The number of carbonyl (C=O) groups excluding carboxylic acids is 1. The van der Waals surface area contributed by atoms with Crippen LogP contribution in [0.25, 0.3) is 0 Å². The van der Waals surface area contributed by atoms with E-state index in [0.29, 0.717) is 35.4 Å². The molecule has 0 bridgehead atoms. The van der Waals surface area contributed by atoms with Crippen LogP contribution in [-0.2, 0) is 4.79 Å². The van der Waals surface area contributed by atoms with Crippen LogP contribution in [-0.4, -0.2) is 25.6 Å². The summed E-state index contributed by atoms with van der Waals surface area (Å²) in [4.78, 5) is 11.8. The number of benzene rings is 1. The van der Waals surface area contributed by atoms with Crippen LogP contribution in [0.1, 0.15) is 19.8 Å². The van der Waals surface area contributed by atoms with Crippen LogP contribution < -0.4 is 15.4 Å². The lowest BCUT2D eigenvalue weighted by Gasteiger charge is -2.26. The smallest absolute Gasteiger partial charge is 0.224 e. The Bertz CT molecular complexity index is 447. The van der Waals surface area contributed by atoms with Crippen LogP contribution in [0.5, 0.6) is 5.75 Å². The van der Waals surface area contributed by atoms with Crippen molar-refractivity contribution in [3.8, 4) is 5.75 Å². The fourth-order valence-corrected chi connectivity index (χ4v) is 2.11. The molecule has 1 aromatic carbocycles. The van der Waals surface area contributed by atoms with E-state index in [2.05, 4.69) is 10.6 Å². The predicted molar refractivity (Wildman–Crippen MR) is 76.8 cm³/mol. The van der Waals surface area contributed by atoms with E-state index >= 15 is 0 Å². The fraction of sp³-hybridized carbons (Fsp3) is 0.500. The molecule has 19 heavy (non-hydrogen) atoms. The monoisotopic (exact) mass is 282 g/mol. The first-order valence-corrected chi connectivity index (χ1v) is 6.99. The Morgan fingerprint density at radius 1 is 1.53 bits per heavy atom. The maximum atomic E-state index is 11.8. The van der Waals surface area contributed by atoms with Crippen molar-refractivity contribution in [1.29, 1.82) is 0 Å². The summed E-state index contributed by atoms with van der Waals surface area (Å²) < 4.78 is 5.48. The molecule has 0 aliphatic carbocycles. The van der Waals surface area contributed by atoms with Crippen molar-refractivity contribution >= 4 is 23.2 Å². The van der Waals surface area contributed by atoms with Crippen LogP contribution in [0.3, 0.4) is 0 Å². The number of hydrogen-bond donors (Lipinski definition) is 2. The van der Waals surface area contributed by atoms with Crippen molar-refractivity contribution in [2.75, 3.05) is 25.0 Å². The third-order valence-electron chi connectivity index (χ3n) is 3.02. The second-order valence-electron chi connectivity index (χ2n) is 4.77. The van der Waals surface area contributed by atoms with Crippen LogP contribution in [0.2, 0.25) is 5.02 Å². The first kappa shape index (κ1) is 14.2. The molecule has 0 aromatic heterocycles. The molecule has 0 radical (unpaired) electrons. The van der Waals surface area contributed by atoms with E-state index in [1.165, 1.54) is 0 Å². The van der Waals surface area contributed by atoms with Gasteiger partial charge in [-0.2, -0.15) is 0 Å². The summed E-state index contributed by atoms with van der Waals surface area (Å²) in [6.07, 6.45) is 1.49. The van der Waals surface area contributed by atoms with Crippen molar-refractivity contribution in [1.82, 2.24) is 5.32 Å². The highest BCUT2D eigenvalue weighted by Crippen LogP contribution is 2.28. The lowest BCUT2D eigenvalue weighted by atomic mass is 9.99. The molecule has 104 valence electrons. The SMILES string of the molecule is CCCOc1ccc(NC(=O)CC2CNC2)cc1Cl. The van der Waals surface area contributed by atoms with Gasteiger partial charge in [-0.15, -0.1) is 0 Å². The van der Waals surface area contributed by atoms with Crippen LogP contribution in [0.15, 0.2) is 18.2 Å². The summed E-state index contributed by atoms with van der Waals surface area (Å²) in [5.41, 5.74) is 0.714. The van der Waals surface area contributed by atoms with Crippen molar-refractivity contribution in [2.24, 2.45) is 5.92 Å². The average molecular weight is 283 g/mol. The molecular weight excluding hydrogens is 264 g/mol. The molecule has 1 aliphatic rings. The number of anilines is 1. The maximum absolute atomic E-state index is 11.8. The molecule has 0 unspecified atom stereocenters. The van der Waals surface area contributed by atoms with Gasteiger partial charge in [-0.25, -0.2) is 0 Å². The van der Waals surface area contributed by atoms with E-state index < -0.39 is 0 Å². The lowest BCUT2D eigenvalue weighted by Crippen LogP contribution is -2.43. The highest BCUT2D eigenvalue weighted by Gasteiger charge is 2.20. The summed E-state index contributed by atoms with van der Waals surface area (Å²) in [6.45, 7) is 4.54. The summed E-state index contributed by atoms with van der Waals surface area (Å²) in [6, 6.07) is 5.33. The average Bonchev–Trinajstić information content (AvgIpc) is 2.33. The minimum absolute atomic E-state index is 0.0322. The first-order chi connectivity index (χ1) is 9.19. The summed E-state index contributed by atoms with van der Waals surface area (Å²) in [5.74, 6) is 1.15. The molecule has 5 heteroatoms. The van der Waals surface area contributed by atoms with Gasteiger partial charge in [0.1, 0.15) is 5.75 Å². The zero-order valence-electron chi connectivity index (χ0n) is 11.0. The van der Waals surface area contributed by atoms with Crippen molar-refractivity contribution < 1.29 is 9.53 Å². The fourth-order valence-electron chi connectivity index (χ4n) is 1.87. The van der Waals surface area contributed by atoms with Gasteiger partial charge in [0, 0.05) is 12.1 Å². The molecule has 1 aliphatic heterocycles. The van der Waals surface area contributed by atoms with Gasteiger partial charge in [0.25, 0.3) is 0 Å². The zero-order chi connectivity index (χ0) is 13.7. The second-order valence-corrected chi connectivity index (χ2v) is 5.18. The van der Waals surface area contributed by atoms with Crippen LogP contribution in [0.4, 0.5) is 5.69 Å². The largest absolute Gasteiger partial charge is 0.492 e. The van der Waals surface area contributed by atoms with Gasteiger partial charge >= 0.3 is 0 Å². The number of carbonyl (C=O) groups is 1. The van der Waals surface area contributed by atoms with Gasteiger partial charge in [-0.1, -0.05) is 18.5 Å². The molecular formula is C14H19ClN2O2. The molecule has 1 aromatic rings. The zero-order valence-corrected chi connectivity index (χ0v) is 11.8. The second kappa shape index (κ2) is 6.78. The Morgan fingerprint density at radius 3 is 2.89 bits per heavy atom. The molecule has 1 heterocycles. The molecule has 1 amide bonds. The molecule has 2 N–H and O–H groups in total. The Balaban J connectivity index is 1.89. The number of ether oxygens (including phenoxy) is 1. The summed E-state index contributed by atoms with van der Waals surface area (Å²) >= 11 is 6.11. The van der Waals surface area contributed by atoms with E-state index in [9.17, 15) is 4.79 Å². The Morgan fingerprint density at radius 2 is 2.32 bits per heavy atom. The molecule has 0 atom stereocenters. The van der Waals surface area contributed by atoms with E-state index in [0.717, 1.165) is 19.5 Å². The van der Waals surface area contributed by atoms with Gasteiger partial charge in [-0.3, -0.25) is 4.79 Å². The van der Waals surface area contributed by atoms with Crippen molar-refractivity contribution in [3.05, 3.63) is 23.2 Å². The Hall–Kier alpha value is -1.26. The van der Waals surface area contributed by atoms with E-state index in [-0.39, 0.29) is 5.91 Å². The Kier molecular flexibility index (Phi) is 5.05. The number of nitrogens with one attached hydrogen (secondary N) is 2. The highest BCUT2D eigenvalue weighted by atomic mass is 35.5. The number of amides is 1. The lowest BCUT2D eigenvalue weighted by molar-refractivity contribution is -0.117. The van der Waals surface area contributed by atoms with Crippen LogP contribution >= 0.6 is 11.6 Å². The van der Waals surface area contributed by atoms with Gasteiger partial charge in [0.15, 0.2) is 0 Å². The Labute approximate surface area is 118 Å². The topological polar surface area (TPSA) is 50.4 Å². The molecule has 0 spiro atoms. The number of hydrogen-bond acceptors (Lipinski definition) is 3. The molecule has 2 rings (SSSR count). The van der Waals surface area contributed by atoms with Crippen molar-refractivity contribution in [3.63, 3.8) is 0 Å². The third-order valence-corrected chi connectivity index (χ3v) is 3.31. The number of halogens is 1. The van der Waals surface area contributed by atoms with E-state index in [4.69, 9.17) is 16.3 Å². The van der Waals surface area contributed by atoms with Gasteiger partial charge in [-0.05, 0) is 43.6 Å². The number of rotatable bonds is 6. The molecule has 1 saturated heterocycles. The van der Waals surface area contributed by atoms with Crippen LogP contribution in [0, 0.1) is 5.92 Å². The normalized spacial score (nSPS) is 14.8. The minimum atomic E-state index is 0.0322. The predicted octanol–water partition coefficient (Wildman–Crippen LogP) is 2.68. The first-order valence-electron chi connectivity index (χ1n) is 6.62.